The maximum Gasteiger partial charge on any atom is 0.119 e. The third kappa shape index (κ3) is 7.15. The van der Waals surface area contributed by atoms with Crippen molar-refractivity contribution in [1.82, 2.24) is 5.32 Å². The van der Waals surface area contributed by atoms with Gasteiger partial charge in [0.25, 0.3) is 0 Å². The predicted molar refractivity (Wildman–Crippen MR) is 76.7 cm³/mol. The van der Waals surface area contributed by atoms with Gasteiger partial charge in [-0.1, -0.05) is 25.8 Å². The highest BCUT2D eigenvalue weighted by molar-refractivity contribution is 5.27. The van der Waals surface area contributed by atoms with Crippen LogP contribution in [0.25, 0.3) is 0 Å². The van der Waals surface area contributed by atoms with Gasteiger partial charge in [0.1, 0.15) is 18.4 Å². The van der Waals surface area contributed by atoms with E-state index in [1.807, 2.05) is 0 Å². The first-order valence-corrected chi connectivity index (χ1v) is 5.25. The monoisotopic (exact) mass is 281 g/mol. The molecule has 0 radical (unpaired) electrons. The second-order valence-corrected chi connectivity index (χ2v) is 3.32. The fourth-order valence-corrected chi connectivity index (χ4v) is 1.07. The summed E-state index contributed by atoms with van der Waals surface area (Å²) in [7, 11) is 0.996. The lowest BCUT2D eigenvalue weighted by atomic mass is 10.1. The van der Waals surface area contributed by atoms with Crippen LogP contribution < -0.4 is 10.1 Å². The van der Waals surface area contributed by atoms with Crippen molar-refractivity contribution in [1.29, 1.82) is 0 Å². The minimum Gasteiger partial charge on any atom is -0.491 e. The Balaban J connectivity index is 3.06. The summed E-state index contributed by atoms with van der Waals surface area (Å²) in [5.41, 5.74) is -0.130. The van der Waals surface area contributed by atoms with Gasteiger partial charge in [0.05, 0.1) is 10.7 Å². The summed E-state index contributed by atoms with van der Waals surface area (Å²) in [6, 6.07) is 1.03. The minimum atomic E-state index is -3.55. The number of rotatable bonds is 9. The molecule has 19 heavy (non-hydrogen) atoms. The van der Waals surface area contributed by atoms with Crippen LogP contribution in [0.5, 0.6) is 5.75 Å². The van der Waals surface area contributed by atoms with E-state index in [-0.39, 0.29) is 11.3 Å². The Morgan fingerprint density at radius 3 is 2.79 bits per heavy atom. The van der Waals surface area contributed by atoms with Gasteiger partial charge < -0.3 is 19.9 Å². The van der Waals surface area contributed by atoms with Crippen LogP contribution in [0.4, 0.5) is 0 Å². The van der Waals surface area contributed by atoms with Crippen molar-refractivity contribution in [2.24, 2.45) is 0 Å². The number of nitrogens with one attached hydrogen (secondary N) is 1. The molecule has 0 heterocycles. The van der Waals surface area contributed by atoms with Gasteiger partial charge in [-0.15, -0.1) is 0 Å². The number of hydrogen-bond acceptors (Lipinski definition) is 4. The molecule has 0 spiro atoms. The average Bonchev–Trinajstić information content (AvgIpc) is 2.64. The molecule has 0 bridgehead atoms. The number of aliphatic hydroxyl groups is 1. The normalized spacial score (nSPS) is 29.4. The Bertz CT molecular complexity index is 790. The van der Waals surface area contributed by atoms with Gasteiger partial charge in [0.15, 0.2) is 0 Å². The maximum atomic E-state index is 10.2. The van der Waals surface area contributed by atoms with Gasteiger partial charge in [0, 0.05) is 34.7 Å². The first-order chi connectivity index (χ1) is 14.5. The molecule has 0 aliphatic rings. The summed E-state index contributed by atoms with van der Waals surface area (Å²) in [6.45, 7) is -14.3. The highest BCUT2D eigenvalue weighted by atomic mass is 16.5. The van der Waals surface area contributed by atoms with Crippen molar-refractivity contribution in [3.8, 4) is 5.75 Å². The van der Waals surface area contributed by atoms with Crippen molar-refractivity contribution in [3.05, 3.63) is 29.8 Å². The SMILES string of the molecule is [2H]C([2H])([2H])C([2H])(NC([2H])([2H])C([2H])(O)COc1ccc(C([2H])([2H])C([2H])([2H])OC)cc1)C([2H])([2H])[2H]. The van der Waals surface area contributed by atoms with Crippen molar-refractivity contribution in [2.45, 2.75) is 32.2 Å². The smallest absolute Gasteiger partial charge is 0.119 e. The van der Waals surface area contributed by atoms with Crippen LogP contribution in [0, 0.1) is 0 Å². The number of aryl methyl sites for hydroxylation is 1. The van der Waals surface area contributed by atoms with Crippen molar-refractivity contribution in [3.63, 3.8) is 0 Å². The molecule has 1 unspecified atom stereocenters. The zero-order chi connectivity index (χ0) is 26.3. The first-order valence-electron chi connectivity index (χ1n) is 12.3. The van der Waals surface area contributed by atoms with Crippen molar-refractivity contribution >= 4 is 0 Å². The first kappa shape index (κ1) is 5.02. The zero-order valence-electron chi connectivity index (χ0n) is 24.3. The maximum absolute atomic E-state index is 10.2. The number of hydrogen-bond donors (Lipinski definition) is 2. The molecular formula is C15H25NO3. The summed E-state index contributed by atoms with van der Waals surface area (Å²) in [4.78, 5) is 0. The van der Waals surface area contributed by atoms with Crippen LogP contribution in [-0.4, -0.2) is 44.0 Å². The van der Waals surface area contributed by atoms with Crippen LogP contribution in [0.3, 0.4) is 0 Å². The number of methoxy groups -OCH3 is 1. The third-order valence-electron chi connectivity index (χ3n) is 1.86. The molecule has 1 atom stereocenters. The van der Waals surface area contributed by atoms with E-state index in [9.17, 15) is 5.11 Å². The molecule has 0 amide bonds. The summed E-state index contributed by atoms with van der Waals surface area (Å²) in [5.74, 6) is -0.0993. The van der Waals surface area contributed by atoms with Crippen molar-refractivity contribution in [2.75, 3.05) is 26.8 Å². The third-order valence-corrected chi connectivity index (χ3v) is 1.86. The van der Waals surface area contributed by atoms with Gasteiger partial charge in [-0.3, -0.25) is 0 Å². The topological polar surface area (TPSA) is 50.7 Å². The fraction of sp³-hybridized carbons (Fsp3) is 0.600. The molecule has 4 heteroatoms. The van der Waals surface area contributed by atoms with E-state index < -0.39 is 51.8 Å². The molecule has 4 nitrogen and oxygen atoms in total. The van der Waals surface area contributed by atoms with Gasteiger partial charge in [-0.25, -0.2) is 0 Å². The van der Waals surface area contributed by atoms with Gasteiger partial charge in [-0.05, 0) is 24.1 Å². The van der Waals surface area contributed by atoms with E-state index in [1.165, 1.54) is 5.32 Å². The second-order valence-electron chi connectivity index (χ2n) is 3.32. The summed E-state index contributed by atoms with van der Waals surface area (Å²) in [6.07, 6.45) is -5.82. The fourth-order valence-electron chi connectivity index (χ4n) is 1.07. The Kier molecular flexibility index (Phi) is 2.36. The minimum absolute atomic E-state index is 0.0993. The lowest BCUT2D eigenvalue weighted by Crippen LogP contribution is -2.35. The highest BCUT2D eigenvalue weighted by Gasteiger charge is 2.05. The summed E-state index contributed by atoms with van der Waals surface area (Å²) >= 11 is 0. The molecule has 0 aliphatic carbocycles. The Labute approximate surface area is 135 Å². The van der Waals surface area contributed by atoms with Crippen LogP contribution in [0.2, 0.25) is 0 Å². The molecule has 0 fully saturated rings. The molecule has 108 valence electrons. The number of ether oxygens (including phenoxy) is 2. The zero-order valence-corrected chi connectivity index (χ0v) is 10.3. The summed E-state index contributed by atoms with van der Waals surface area (Å²) in [5, 5.41) is 11.7. The van der Waals surface area contributed by atoms with Crippen molar-refractivity contribution < 1.29 is 33.8 Å². The largest absolute Gasteiger partial charge is 0.491 e. The molecule has 1 aromatic carbocycles. The average molecular weight is 281 g/mol. The van der Waals surface area contributed by atoms with Gasteiger partial charge >= 0.3 is 0 Å². The molecular weight excluding hydrogens is 242 g/mol. The van der Waals surface area contributed by atoms with Gasteiger partial charge in [0.2, 0.25) is 0 Å². The van der Waals surface area contributed by atoms with E-state index in [0.29, 0.717) is 0 Å². The van der Waals surface area contributed by atoms with Crippen LogP contribution in [0.1, 0.15) is 38.5 Å². The van der Waals surface area contributed by atoms with Crippen LogP contribution >= 0.6 is 0 Å². The molecule has 0 saturated heterocycles. The van der Waals surface area contributed by atoms with E-state index in [4.69, 9.17) is 23.9 Å². The lowest BCUT2D eigenvalue weighted by Gasteiger charge is -2.15. The lowest BCUT2D eigenvalue weighted by molar-refractivity contribution is 0.104. The van der Waals surface area contributed by atoms with E-state index in [0.717, 1.165) is 31.4 Å². The van der Waals surface area contributed by atoms with Crippen LogP contribution in [0.15, 0.2) is 24.3 Å². The predicted octanol–water partition coefficient (Wildman–Crippen LogP) is 1.61. The molecule has 1 aromatic rings. The molecule has 0 saturated carbocycles. The molecule has 2 N–H and O–H groups in total. The summed E-state index contributed by atoms with van der Waals surface area (Å²) < 4.78 is 116. The number of benzene rings is 1. The van der Waals surface area contributed by atoms with Gasteiger partial charge in [-0.2, -0.15) is 0 Å². The molecule has 0 aliphatic heterocycles. The quantitative estimate of drug-likeness (QED) is 0.722. The van der Waals surface area contributed by atoms with E-state index >= 15 is 0 Å². The van der Waals surface area contributed by atoms with E-state index in [2.05, 4.69) is 4.74 Å². The second kappa shape index (κ2) is 8.91. The Morgan fingerprint density at radius 2 is 2.16 bits per heavy atom. The molecule has 1 rings (SSSR count). The molecule has 0 aromatic heterocycles. The standard InChI is InChI=1S/C15H25NO3/c1-12(2)16-10-14(17)11-19-15-6-4-13(5-7-15)8-9-18-3/h4-7,12,14,16-17H,8-11H2,1-3H3/i1D3,2D3,8D2,9D2,10D2,12D,14D. The van der Waals surface area contributed by atoms with E-state index in [1.54, 1.807) is 0 Å². The Hall–Kier alpha value is -1.10. The Morgan fingerprint density at radius 1 is 1.42 bits per heavy atom. The van der Waals surface area contributed by atoms with Crippen LogP contribution in [-0.2, 0) is 11.1 Å². The highest BCUT2D eigenvalue weighted by Crippen LogP contribution is 2.12.